The molecule has 10 heavy (non-hydrogen) atoms. The van der Waals surface area contributed by atoms with Crippen molar-refractivity contribution in [2.45, 2.75) is 0 Å². The van der Waals surface area contributed by atoms with Gasteiger partial charge in [-0.3, -0.25) is 9.59 Å². The lowest BCUT2D eigenvalue weighted by molar-refractivity contribution is 0.199. The summed E-state index contributed by atoms with van der Waals surface area (Å²) >= 11 is 0. The summed E-state index contributed by atoms with van der Waals surface area (Å²) < 4.78 is 0. The van der Waals surface area contributed by atoms with Crippen LogP contribution in [0.15, 0.2) is 26.9 Å². The van der Waals surface area contributed by atoms with Crippen LogP contribution in [0.3, 0.4) is 0 Å². The van der Waals surface area contributed by atoms with Gasteiger partial charge in [-0.2, -0.15) is 0 Å². The zero-order chi connectivity index (χ0) is 7.56. The Balaban J connectivity index is 3.53. The minimum absolute atomic E-state index is 0.150. The number of hydrogen-bond acceptors (Lipinski definition) is 4. The molecule has 1 aromatic carbocycles. The molecule has 1 rings (SSSR count). The van der Waals surface area contributed by atoms with Crippen LogP contribution in [0, 0.1) is 0 Å². The highest BCUT2D eigenvalue weighted by Crippen LogP contribution is 1.59. The first-order valence-electron chi connectivity index (χ1n) is 2.63. The Hall–Kier alpha value is -1.45. The second kappa shape index (κ2) is 2.43. The molecule has 0 aliphatic heterocycles. The highest BCUT2D eigenvalue weighted by Gasteiger charge is 1.96. The smallest absolute Gasteiger partial charge is 0.211 e. The van der Waals surface area contributed by atoms with E-state index in [-0.39, 0.29) is 5.36 Å². The van der Waals surface area contributed by atoms with Crippen molar-refractivity contribution in [1.29, 1.82) is 0 Å². The van der Waals surface area contributed by atoms with E-state index in [4.69, 9.17) is 0 Å². The van der Waals surface area contributed by atoms with Crippen LogP contribution in [0.2, 0.25) is 0 Å². The van der Waals surface area contributed by atoms with E-state index < -0.39 is 10.9 Å². The van der Waals surface area contributed by atoms with Crippen molar-refractivity contribution in [3.8, 4) is 0 Å². The van der Waals surface area contributed by atoms with Crippen LogP contribution in [0.1, 0.15) is 0 Å². The van der Waals surface area contributed by atoms with Gasteiger partial charge in [0.1, 0.15) is 7.11 Å². The molecule has 0 radical (unpaired) electrons. The molecule has 0 N–H and O–H groups in total. The molecular formula is C6H5NO3. The summed E-state index contributed by atoms with van der Waals surface area (Å²) in [6, 6.07) is 2.33. The molecule has 1 aromatic rings. The Bertz CT molecular complexity index is 329. The lowest BCUT2D eigenvalue weighted by Crippen LogP contribution is -2.31. The molecule has 0 aliphatic carbocycles. The van der Waals surface area contributed by atoms with Crippen LogP contribution < -0.4 is 16.2 Å². The maximum absolute atomic E-state index is 10.7. The third-order valence-corrected chi connectivity index (χ3v) is 1.04. The van der Waals surface area contributed by atoms with Gasteiger partial charge >= 0.3 is 0 Å². The average molecular weight is 139 g/mol. The minimum atomic E-state index is -0.396. The van der Waals surface area contributed by atoms with Gasteiger partial charge in [0.05, 0.1) is 0 Å². The molecule has 0 saturated heterocycles. The van der Waals surface area contributed by atoms with Gasteiger partial charge in [-0.1, -0.05) is 5.16 Å². The maximum Gasteiger partial charge on any atom is 0.211 e. The summed E-state index contributed by atoms with van der Waals surface area (Å²) in [6.07, 6.45) is 0. The summed E-state index contributed by atoms with van der Waals surface area (Å²) in [5, 5.41) is 3.09. The summed E-state index contributed by atoms with van der Waals surface area (Å²) in [4.78, 5) is 25.6. The summed E-state index contributed by atoms with van der Waals surface area (Å²) in [7, 11) is 1.28. The topological polar surface area (TPSA) is 55.7 Å². The van der Waals surface area contributed by atoms with Gasteiger partial charge < -0.3 is 4.84 Å². The standard InChI is InChI=1S/C6H5NO3/c1-10-7-6-4(8)2-3-5(6)9/h2-3H,1H3. The first kappa shape index (κ1) is 6.67. The normalized spacial score (nSPS) is 9.30. The SMILES string of the molecule is CON=c1c(=O)ccc1=O. The second-order valence-corrected chi connectivity index (χ2v) is 1.68. The van der Waals surface area contributed by atoms with E-state index in [1.807, 2.05) is 0 Å². The lowest BCUT2D eigenvalue weighted by atomic mass is 10.6. The Labute approximate surface area is 56.1 Å². The van der Waals surface area contributed by atoms with Crippen LogP contribution >= 0.6 is 0 Å². The van der Waals surface area contributed by atoms with Crippen molar-refractivity contribution in [1.82, 2.24) is 0 Å². The molecule has 52 valence electrons. The molecule has 4 heteroatoms. The van der Waals surface area contributed by atoms with E-state index in [9.17, 15) is 9.59 Å². The second-order valence-electron chi connectivity index (χ2n) is 1.68. The Morgan fingerprint density at radius 3 is 2.20 bits per heavy atom. The molecule has 0 unspecified atom stereocenters. The average Bonchev–Trinajstić information content (AvgIpc) is 2.20. The van der Waals surface area contributed by atoms with Crippen molar-refractivity contribution in [3.63, 3.8) is 0 Å². The molecule has 0 amide bonds. The molecule has 0 spiro atoms. The van der Waals surface area contributed by atoms with Gasteiger partial charge in [-0.15, -0.1) is 0 Å². The number of hydrogen-bond donors (Lipinski definition) is 0. The molecule has 0 aliphatic rings. The molecule has 0 heterocycles. The molecule has 4 nitrogen and oxygen atoms in total. The van der Waals surface area contributed by atoms with Crippen molar-refractivity contribution in [2.24, 2.45) is 5.16 Å². The lowest BCUT2D eigenvalue weighted by Gasteiger charge is -1.77. The van der Waals surface area contributed by atoms with Gasteiger partial charge in [0.2, 0.25) is 10.9 Å². The van der Waals surface area contributed by atoms with E-state index in [1.54, 1.807) is 0 Å². The molecular weight excluding hydrogens is 134 g/mol. The minimum Gasteiger partial charge on any atom is -0.398 e. The van der Waals surface area contributed by atoms with Crippen LogP contribution in [-0.4, -0.2) is 7.11 Å². The summed E-state index contributed by atoms with van der Waals surface area (Å²) in [5.74, 6) is 0. The zero-order valence-corrected chi connectivity index (χ0v) is 5.33. The van der Waals surface area contributed by atoms with Crippen LogP contribution in [-0.2, 0) is 4.84 Å². The molecule has 0 bridgehead atoms. The Kier molecular flexibility index (Phi) is 1.62. The Morgan fingerprint density at radius 2 is 1.80 bits per heavy atom. The van der Waals surface area contributed by atoms with E-state index in [0.29, 0.717) is 0 Å². The van der Waals surface area contributed by atoms with Crippen molar-refractivity contribution in [3.05, 3.63) is 37.9 Å². The Morgan fingerprint density at radius 1 is 1.30 bits per heavy atom. The highest BCUT2D eigenvalue weighted by atomic mass is 16.6. The fraction of sp³-hybridized carbons (Fsp3) is 0.167. The predicted molar refractivity (Wildman–Crippen MR) is 33.9 cm³/mol. The van der Waals surface area contributed by atoms with E-state index in [2.05, 4.69) is 9.99 Å². The first-order valence-corrected chi connectivity index (χ1v) is 2.63. The van der Waals surface area contributed by atoms with Gasteiger partial charge in [0.15, 0.2) is 5.36 Å². The van der Waals surface area contributed by atoms with Gasteiger partial charge in [0, 0.05) is 0 Å². The van der Waals surface area contributed by atoms with E-state index in [0.717, 1.165) is 0 Å². The number of rotatable bonds is 1. The third-order valence-electron chi connectivity index (χ3n) is 1.04. The van der Waals surface area contributed by atoms with E-state index >= 15 is 0 Å². The van der Waals surface area contributed by atoms with Crippen LogP contribution in [0.5, 0.6) is 0 Å². The molecule has 0 saturated carbocycles. The van der Waals surface area contributed by atoms with Crippen LogP contribution in [0.25, 0.3) is 0 Å². The quantitative estimate of drug-likeness (QED) is 0.456. The van der Waals surface area contributed by atoms with Crippen LogP contribution in [0.4, 0.5) is 0 Å². The fourth-order valence-corrected chi connectivity index (χ4v) is 0.612. The highest BCUT2D eigenvalue weighted by molar-refractivity contribution is 5.01. The molecule has 0 fully saturated rings. The zero-order valence-electron chi connectivity index (χ0n) is 5.33. The van der Waals surface area contributed by atoms with Gasteiger partial charge in [-0.05, 0) is 12.1 Å². The summed E-state index contributed by atoms with van der Waals surface area (Å²) in [5.41, 5.74) is -0.793. The maximum atomic E-state index is 10.7. The number of nitrogens with zero attached hydrogens (tertiary/aromatic N) is 1. The van der Waals surface area contributed by atoms with E-state index in [1.165, 1.54) is 19.2 Å². The van der Waals surface area contributed by atoms with Gasteiger partial charge in [-0.25, -0.2) is 0 Å². The first-order chi connectivity index (χ1) is 4.75. The largest absolute Gasteiger partial charge is 0.398 e. The molecule has 0 atom stereocenters. The third kappa shape index (κ3) is 0.953. The van der Waals surface area contributed by atoms with Crippen molar-refractivity contribution < 1.29 is 4.84 Å². The van der Waals surface area contributed by atoms with Crippen molar-refractivity contribution >= 4 is 0 Å². The van der Waals surface area contributed by atoms with Gasteiger partial charge in [0.25, 0.3) is 0 Å². The summed E-state index contributed by atoms with van der Waals surface area (Å²) in [6.45, 7) is 0. The van der Waals surface area contributed by atoms with Crippen molar-refractivity contribution in [2.75, 3.05) is 7.11 Å². The predicted octanol–water partition coefficient (Wildman–Crippen LogP) is -1.26. The fourth-order valence-electron chi connectivity index (χ4n) is 0.612. The monoisotopic (exact) mass is 139 g/mol. The molecule has 0 aromatic heterocycles.